The zero-order valence-corrected chi connectivity index (χ0v) is 17.4. The van der Waals surface area contributed by atoms with E-state index in [0.717, 1.165) is 5.56 Å². The highest BCUT2D eigenvalue weighted by Gasteiger charge is 2.44. The highest BCUT2D eigenvalue weighted by molar-refractivity contribution is 7.98. The van der Waals surface area contributed by atoms with Crippen molar-refractivity contribution in [1.82, 2.24) is 15.5 Å². The third-order valence-electron chi connectivity index (χ3n) is 5.01. The molecule has 0 aromatic heterocycles. The number of carbonyl (C=O) groups is 4. The minimum absolute atomic E-state index is 0.190. The Kier molecular flexibility index (Phi) is 8.50. The Bertz CT molecular complexity index is 730. The van der Waals surface area contributed by atoms with Crippen LogP contribution < -0.4 is 10.6 Å². The van der Waals surface area contributed by atoms with Crippen LogP contribution in [0, 0.1) is 0 Å². The van der Waals surface area contributed by atoms with Crippen molar-refractivity contribution in [3.8, 4) is 0 Å². The van der Waals surface area contributed by atoms with E-state index in [-0.39, 0.29) is 12.5 Å². The summed E-state index contributed by atoms with van der Waals surface area (Å²) in [6.07, 6.45) is 3.32. The molecule has 1 fully saturated rings. The van der Waals surface area contributed by atoms with Crippen molar-refractivity contribution in [2.75, 3.05) is 12.0 Å². The second-order valence-corrected chi connectivity index (χ2v) is 8.04. The van der Waals surface area contributed by atoms with E-state index < -0.39 is 35.9 Å². The van der Waals surface area contributed by atoms with Crippen molar-refractivity contribution in [3.63, 3.8) is 0 Å². The summed E-state index contributed by atoms with van der Waals surface area (Å²) in [6.45, 7) is 1.78. The maximum atomic E-state index is 12.9. The fourth-order valence-electron chi connectivity index (χ4n) is 3.56. The molecule has 1 unspecified atom stereocenters. The van der Waals surface area contributed by atoms with Gasteiger partial charge in [0, 0.05) is 12.5 Å². The fraction of sp³-hybridized carbons (Fsp3) is 0.500. The lowest BCUT2D eigenvalue weighted by Crippen LogP contribution is -2.52. The summed E-state index contributed by atoms with van der Waals surface area (Å²) in [4.78, 5) is 49.5. The van der Waals surface area contributed by atoms with Crippen LogP contribution in [0.4, 0.5) is 0 Å². The molecule has 3 N–H and O–H groups in total. The van der Waals surface area contributed by atoms with E-state index in [1.165, 1.54) is 4.90 Å². The lowest BCUT2D eigenvalue weighted by Gasteiger charge is -2.29. The van der Waals surface area contributed by atoms with Crippen LogP contribution in [0.3, 0.4) is 0 Å². The summed E-state index contributed by atoms with van der Waals surface area (Å²) < 4.78 is 0. The molecule has 9 heteroatoms. The molecule has 158 valence electrons. The van der Waals surface area contributed by atoms with Gasteiger partial charge < -0.3 is 20.6 Å². The van der Waals surface area contributed by atoms with Crippen molar-refractivity contribution in [1.29, 1.82) is 0 Å². The van der Waals surface area contributed by atoms with Gasteiger partial charge >= 0.3 is 5.97 Å². The number of aliphatic carboxylic acids is 1. The third kappa shape index (κ3) is 5.96. The molecule has 0 radical (unpaired) electrons. The van der Waals surface area contributed by atoms with E-state index in [0.29, 0.717) is 25.0 Å². The molecule has 1 aromatic rings. The van der Waals surface area contributed by atoms with Crippen molar-refractivity contribution in [2.45, 2.75) is 50.4 Å². The number of likely N-dealkylation sites (tertiary alicyclic amines) is 1. The zero-order valence-electron chi connectivity index (χ0n) is 16.5. The predicted molar refractivity (Wildman–Crippen MR) is 110 cm³/mol. The third-order valence-corrected chi connectivity index (χ3v) is 5.65. The fourth-order valence-corrected chi connectivity index (χ4v) is 4.03. The number of carbonyl (C=O) groups excluding carboxylic acids is 3. The van der Waals surface area contributed by atoms with Crippen molar-refractivity contribution < 1.29 is 24.3 Å². The Morgan fingerprint density at radius 2 is 2.03 bits per heavy atom. The lowest BCUT2D eigenvalue weighted by atomic mass is 10.0. The molecule has 1 aliphatic rings. The minimum atomic E-state index is -1.08. The Morgan fingerprint density at radius 1 is 1.34 bits per heavy atom. The van der Waals surface area contributed by atoms with Gasteiger partial charge in [-0.05, 0) is 37.3 Å². The Balaban J connectivity index is 2.10. The van der Waals surface area contributed by atoms with Crippen LogP contribution in [0.1, 0.15) is 25.3 Å². The summed E-state index contributed by atoms with van der Waals surface area (Å²) >= 11 is 1.55. The molecular weight excluding hydrogens is 394 g/mol. The highest BCUT2D eigenvalue weighted by Crippen LogP contribution is 2.24. The number of carboxylic acid groups (broad SMARTS) is 1. The summed E-state index contributed by atoms with van der Waals surface area (Å²) in [5.74, 6) is -1.25. The number of hydrogen-bond acceptors (Lipinski definition) is 5. The van der Waals surface area contributed by atoms with Crippen LogP contribution in [-0.2, 0) is 25.6 Å². The average Bonchev–Trinajstić information content (AvgIpc) is 2.97. The molecule has 2 rings (SSSR count). The molecule has 8 nitrogen and oxygen atoms in total. The van der Waals surface area contributed by atoms with E-state index in [1.807, 2.05) is 36.6 Å². The molecule has 0 saturated carbocycles. The van der Waals surface area contributed by atoms with Gasteiger partial charge in [0.2, 0.25) is 18.2 Å². The molecule has 4 atom stereocenters. The van der Waals surface area contributed by atoms with Gasteiger partial charge in [0.05, 0.1) is 0 Å². The zero-order chi connectivity index (χ0) is 21.4. The molecule has 0 aliphatic carbocycles. The Labute approximate surface area is 174 Å². The van der Waals surface area contributed by atoms with Crippen LogP contribution in [-0.4, -0.2) is 70.4 Å². The molecule has 0 bridgehead atoms. The largest absolute Gasteiger partial charge is 0.480 e. The molecule has 1 saturated heterocycles. The van der Waals surface area contributed by atoms with Gasteiger partial charge in [0.15, 0.2) is 0 Å². The number of rotatable bonds is 11. The monoisotopic (exact) mass is 421 g/mol. The lowest BCUT2D eigenvalue weighted by molar-refractivity contribution is -0.150. The maximum Gasteiger partial charge on any atom is 0.326 e. The first-order chi connectivity index (χ1) is 13.9. The van der Waals surface area contributed by atoms with E-state index in [4.69, 9.17) is 0 Å². The smallest absolute Gasteiger partial charge is 0.326 e. The predicted octanol–water partition coefficient (Wildman–Crippen LogP) is 0.656. The van der Waals surface area contributed by atoms with Crippen LogP contribution in [0.5, 0.6) is 0 Å². The number of hydrogen-bond donors (Lipinski definition) is 3. The Morgan fingerprint density at radius 3 is 2.62 bits per heavy atom. The normalized spacial score (nSPS) is 20.8. The van der Waals surface area contributed by atoms with Crippen molar-refractivity contribution in [2.24, 2.45) is 0 Å². The van der Waals surface area contributed by atoms with Gasteiger partial charge in [0.1, 0.15) is 18.1 Å². The van der Waals surface area contributed by atoms with Gasteiger partial charge in [-0.2, -0.15) is 11.8 Å². The van der Waals surface area contributed by atoms with E-state index in [1.54, 1.807) is 18.7 Å². The van der Waals surface area contributed by atoms with Crippen LogP contribution in [0.15, 0.2) is 30.3 Å². The van der Waals surface area contributed by atoms with Gasteiger partial charge in [-0.1, -0.05) is 30.3 Å². The molecule has 0 spiro atoms. The van der Waals surface area contributed by atoms with E-state index in [9.17, 15) is 24.3 Å². The first-order valence-corrected chi connectivity index (χ1v) is 10.9. The van der Waals surface area contributed by atoms with Crippen LogP contribution in [0.2, 0.25) is 0 Å². The number of amides is 3. The van der Waals surface area contributed by atoms with Crippen molar-refractivity contribution >= 4 is 36.0 Å². The van der Waals surface area contributed by atoms with Crippen molar-refractivity contribution in [3.05, 3.63) is 35.9 Å². The number of nitrogens with zero attached hydrogens (tertiary/aromatic N) is 1. The molecule has 1 aliphatic heterocycles. The molecule has 1 aromatic carbocycles. The molecule has 1 heterocycles. The maximum absolute atomic E-state index is 12.9. The number of thioether (sulfide) groups is 1. The molecule has 3 amide bonds. The second-order valence-electron chi connectivity index (χ2n) is 7.05. The van der Waals surface area contributed by atoms with Gasteiger partial charge in [0.25, 0.3) is 0 Å². The molecule has 29 heavy (non-hydrogen) atoms. The Hall–Kier alpha value is -2.55. The van der Waals surface area contributed by atoms with Crippen LogP contribution in [0.25, 0.3) is 0 Å². The quantitative estimate of drug-likeness (QED) is 0.452. The average molecular weight is 422 g/mol. The second kappa shape index (κ2) is 10.8. The number of benzene rings is 1. The summed E-state index contributed by atoms with van der Waals surface area (Å²) in [6, 6.07) is 6.25. The first-order valence-electron chi connectivity index (χ1n) is 9.47. The number of nitrogens with one attached hydrogen (secondary N) is 2. The standard InChI is InChI=1S/C20H27N3O5S/c1-13-10-16(22-18(25)15(21-12-24)8-9-29-2)19(26)23(13)17(20(27)28)11-14-6-4-3-5-7-14/h3-7,12-13,15-17H,8-11H2,1-2H3,(H,21,24)(H,22,25)(H,27,28)/t13?,15-,16-,17-/m0/s1. The first kappa shape index (κ1) is 22.7. The SMILES string of the molecule is CSCC[C@H](NC=O)C(=O)N[C@H]1CC(C)N([C@@H](Cc2ccccc2)C(=O)O)C1=O. The summed E-state index contributed by atoms with van der Waals surface area (Å²) in [7, 11) is 0. The van der Waals surface area contributed by atoms with E-state index in [2.05, 4.69) is 10.6 Å². The van der Waals surface area contributed by atoms with Crippen LogP contribution >= 0.6 is 11.8 Å². The number of carboxylic acids is 1. The topological polar surface area (TPSA) is 116 Å². The van der Waals surface area contributed by atoms with E-state index >= 15 is 0 Å². The van der Waals surface area contributed by atoms with Gasteiger partial charge in [-0.3, -0.25) is 14.4 Å². The van der Waals surface area contributed by atoms with Gasteiger partial charge in [-0.15, -0.1) is 0 Å². The molecular formula is C20H27N3O5S. The summed E-state index contributed by atoms with van der Waals surface area (Å²) in [5.41, 5.74) is 0.819. The highest BCUT2D eigenvalue weighted by atomic mass is 32.2. The van der Waals surface area contributed by atoms with Gasteiger partial charge in [-0.25, -0.2) is 4.79 Å². The summed E-state index contributed by atoms with van der Waals surface area (Å²) in [5, 5.41) is 14.9. The minimum Gasteiger partial charge on any atom is -0.480 e.